The third-order valence-corrected chi connectivity index (χ3v) is 5.52. The van der Waals surface area contributed by atoms with Crippen molar-refractivity contribution in [1.29, 1.82) is 0 Å². The van der Waals surface area contributed by atoms with Crippen molar-refractivity contribution < 1.29 is 19.4 Å². The maximum atomic E-state index is 11.2. The number of aryl methyl sites for hydroxylation is 1. The smallest absolute Gasteiger partial charge is 0.305 e. The van der Waals surface area contributed by atoms with Gasteiger partial charge in [0.1, 0.15) is 18.1 Å². The van der Waals surface area contributed by atoms with Gasteiger partial charge in [0.2, 0.25) is 0 Å². The lowest BCUT2D eigenvalue weighted by Gasteiger charge is -2.17. The molecule has 0 atom stereocenters. The highest BCUT2D eigenvalue weighted by molar-refractivity contribution is 5.69. The van der Waals surface area contributed by atoms with Crippen molar-refractivity contribution in [2.75, 3.05) is 33.9 Å². The number of hydrogen-bond donors (Lipinski definition) is 1. The van der Waals surface area contributed by atoms with Gasteiger partial charge >= 0.3 is 5.97 Å². The molecule has 172 valence electrons. The van der Waals surface area contributed by atoms with Crippen molar-refractivity contribution in [2.45, 2.75) is 84.0 Å². The van der Waals surface area contributed by atoms with Crippen molar-refractivity contribution in [3.8, 4) is 11.5 Å². The second-order valence-electron chi connectivity index (χ2n) is 8.20. The molecule has 30 heavy (non-hydrogen) atoms. The Morgan fingerprint density at radius 3 is 2.20 bits per heavy atom. The minimum absolute atomic E-state index is 0.162. The molecule has 5 heteroatoms. The number of likely N-dealkylation sites (N-methyl/N-ethyl adjacent to an activating group) is 1. The molecule has 0 aliphatic carbocycles. The molecule has 0 saturated heterocycles. The van der Waals surface area contributed by atoms with Crippen LogP contribution in [0.5, 0.6) is 11.5 Å². The molecule has 1 aromatic rings. The van der Waals surface area contributed by atoms with Gasteiger partial charge in [0.15, 0.2) is 0 Å². The molecule has 0 aliphatic heterocycles. The Hall–Kier alpha value is -1.75. The van der Waals surface area contributed by atoms with Gasteiger partial charge in [-0.3, -0.25) is 4.79 Å². The molecule has 1 rings (SSSR count). The van der Waals surface area contributed by atoms with Gasteiger partial charge in [-0.25, -0.2) is 0 Å². The number of phenols is 1. The zero-order valence-corrected chi connectivity index (χ0v) is 19.5. The van der Waals surface area contributed by atoms with Gasteiger partial charge in [-0.2, -0.15) is 0 Å². The number of methoxy groups -OCH3 is 1. The van der Waals surface area contributed by atoms with Crippen LogP contribution in [0.4, 0.5) is 0 Å². The predicted octanol–water partition coefficient (Wildman–Crippen LogP) is 5.73. The van der Waals surface area contributed by atoms with Crippen LogP contribution in [-0.2, 0) is 16.0 Å². The fourth-order valence-electron chi connectivity index (χ4n) is 3.48. The quantitative estimate of drug-likeness (QED) is 0.242. The van der Waals surface area contributed by atoms with E-state index >= 15 is 0 Å². The van der Waals surface area contributed by atoms with E-state index in [4.69, 9.17) is 4.74 Å². The molecule has 0 saturated carbocycles. The number of benzene rings is 1. The van der Waals surface area contributed by atoms with Gasteiger partial charge < -0.3 is 19.5 Å². The molecule has 0 heterocycles. The van der Waals surface area contributed by atoms with Crippen LogP contribution in [-0.4, -0.2) is 49.8 Å². The molecule has 1 N–H and O–H groups in total. The van der Waals surface area contributed by atoms with E-state index in [-0.39, 0.29) is 18.1 Å². The number of aromatic hydroxyl groups is 1. The van der Waals surface area contributed by atoms with E-state index in [1.807, 2.05) is 6.07 Å². The van der Waals surface area contributed by atoms with Gasteiger partial charge in [-0.1, -0.05) is 70.8 Å². The van der Waals surface area contributed by atoms with Crippen molar-refractivity contribution in [3.63, 3.8) is 0 Å². The molecule has 1 aromatic carbocycles. The number of carbonyl (C=O) groups is 1. The van der Waals surface area contributed by atoms with E-state index in [1.54, 1.807) is 12.1 Å². The Labute approximate surface area is 183 Å². The van der Waals surface area contributed by atoms with Crippen molar-refractivity contribution >= 4 is 5.97 Å². The van der Waals surface area contributed by atoms with Gasteiger partial charge in [0.25, 0.3) is 0 Å². The van der Waals surface area contributed by atoms with Crippen molar-refractivity contribution in [2.24, 2.45) is 0 Å². The Morgan fingerprint density at radius 2 is 1.60 bits per heavy atom. The topological polar surface area (TPSA) is 59.0 Å². The monoisotopic (exact) mass is 421 g/mol. The molecule has 0 aromatic heterocycles. The molecular weight excluding hydrogens is 378 g/mol. The molecular formula is C25H43NO4. The van der Waals surface area contributed by atoms with E-state index < -0.39 is 0 Å². The normalized spacial score (nSPS) is 11.1. The molecule has 0 spiro atoms. The molecule has 5 nitrogen and oxygen atoms in total. The minimum atomic E-state index is -0.278. The van der Waals surface area contributed by atoms with Crippen LogP contribution in [0.1, 0.15) is 83.1 Å². The first kappa shape index (κ1) is 26.3. The lowest BCUT2D eigenvalue weighted by Crippen LogP contribution is -2.25. The molecule has 0 aliphatic rings. The Balaban J connectivity index is 2.07. The molecule has 0 unspecified atom stereocenters. The summed E-state index contributed by atoms with van der Waals surface area (Å²) in [6.07, 6.45) is 14.3. The Bertz CT molecular complexity index is 576. The van der Waals surface area contributed by atoms with Crippen LogP contribution < -0.4 is 4.74 Å². The number of phenolic OH excluding ortho intramolecular Hbond substituents is 1. The van der Waals surface area contributed by atoms with E-state index in [2.05, 4.69) is 23.6 Å². The predicted molar refractivity (Wildman–Crippen MR) is 123 cm³/mol. The summed E-state index contributed by atoms with van der Waals surface area (Å²) < 4.78 is 10.4. The third-order valence-electron chi connectivity index (χ3n) is 5.52. The molecule has 0 amide bonds. The third kappa shape index (κ3) is 12.7. The Morgan fingerprint density at radius 1 is 0.967 bits per heavy atom. The summed E-state index contributed by atoms with van der Waals surface area (Å²) in [6.45, 7) is 4.82. The number of esters is 1. The summed E-state index contributed by atoms with van der Waals surface area (Å²) in [5, 5.41) is 10.1. The van der Waals surface area contributed by atoms with Crippen molar-refractivity contribution in [1.82, 2.24) is 4.90 Å². The number of nitrogens with zero attached hydrogens (tertiary/aromatic N) is 1. The van der Waals surface area contributed by atoms with Crippen LogP contribution in [0.15, 0.2) is 18.2 Å². The summed E-state index contributed by atoms with van der Waals surface area (Å²) in [5.41, 5.74) is 0.728. The SMILES string of the molecule is CCCCCCCCCCCCN(C)CCOc1ccc(CCC(=O)OC)c(O)c1. The Kier molecular flexibility index (Phi) is 14.9. The van der Waals surface area contributed by atoms with Gasteiger partial charge in [-0.05, 0) is 38.1 Å². The van der Waals surface area contributed by atoms with E-state index in [0.29, 0.717) is 18.8 Å². The highest BCUT2D eigenvalue weighted by Gasteiger charge is 2.07. The summed E-state index contributed by atoms with van der Waals surface area (Å²) >= 11 is 0. The first-order valence-corrected chi connectivity index (χ1v) is 11.8. The average molecular weight is 422 g/mol. The first-order chi connectivity index (χ1) is 14.6. The summed E-state index contributed by atoms with van der Waals surface area (Å²) in [6, 6.07) is 5.27. The second-order valence-corrected chi connectivity index (χ2v) is 8.20. The zero-order chi connectivity index (χ0) is 22.0. The van der Waals surface area contributed by atoms with Crippen LogP contribution in [0.3, 0.4) is 0 Å². The number of rotatable bonds is 18. The highest BCUT2D eigenvalue weighted by atomic mass is 16.5. The van der Waals surface area contributed by atoms with E-state index in [0.717, 1.165) is 18.7 Å². The summed E-state index contributed by atoms with van der Waals surface area (Å²) in [4.78, 5) is 13.5. The lowest BCUT2D eigenvalue weighted by atomic mass is 10.1. The number of unbranched alkanes of at least 4 members (excludes halogenated alkanes) is 9. The number of carbonyl (C=O) groups excluding carboxylic acids is 1. The second kappa shape index (κ2) is 17.0. The first-order valence-electron chi connectivity index (χ1n) is 11.8. The molecule has 0 bridgehead atoms. The summed E-state index contributed by atoms with van der Waals surface area (Å²) in [7, 11) is 3.50. The number of hydrogen-bond acceptors (Lipinski definition) is 5. The fraction of sp³-hybridized carbons (Fsp3) is 0.720. The van der Waals surface area contributed by atoms with Crippen LogP contribution in [0.25, 0.3) is 0 Å². The molecule has 0 fully saturated rings. The maximum Gasteiger partial charge on any atom is 0.305 e. The van der Waals surface area contributed by atoms with E-state index in [1.165, 1.54) is 71.3 Å². The zero-order valence-electron chi connectivity index (χ0n) is 19.5. The average Bonchev–Trinajstić information content (AvgIpc) is 2.74. The standard InChI is InChI=1S/C25H43NO4/c1-4-5-6-7-8-9-10-11-12-13-18-26(2)19-20-30-23-16-14-22(24(27)21-23)15-17-25(28)29-3/h14,16,21,27H,4-13,15,17-20H2,1-3H3. The van der Waals surface area contributed by atoms with Gasteiger partial charge in [0, 0.05) is 19.0 Å². The van der Waals surface area contributed by atoms with Crippen molar-refractivity contribution in [3.05, 3.63) is 23.8 Å². The van der Waals surface area contributed by atoms with Crippen LogP contribution >= 0.6 is 0 Å². The van der Waals surface area contributed by atoms with Gasteiger partial charge in [-0.15, -0.1) is 0 Å². The van der Waals surface area contributed by atoms with Crippen LogP contribution in [0, 0.1) is 0 Å². The highest BCUT2D eigenvalue weighted by Crippen LogP contribution is 2.24. The largest absolute Gasteiger partial charge is 0.508 e. The van der Waals surface area contributed by atoms with Crippen LogP contribution in [0.2, 0.25) is 0 Å². The number of ether oxygens (including phenoxy) is 2. The lowest BCUT2D eigenvalue weighted by molar-refractivity contribution is -0.140. The van der Waals surface area contributed by atoms with Gasteiger partial charge in [0.05, 0.1) is 7.11 Å². The summed E-state index contributed by atoms with van der Waals surface area (Å²) in [5.74, 6) is 0.539. The minimum Gasteiger partial charge on any atom is -0.508 e. The fourth-order valence-corrected chi connectivity index (χ4v) is 3.48. The maximum absolute atomic E-state index is 11.2. The molecule has 0 radical (unpaired) electrons. The van der Waals surface area contributed by atoms with E-state index in [9.17, 15) is 9.90 Å².